The molecule has 1 aliphatic rings. The van der Waals surface area contributed by atoms with Crippen LogP contribution in [0.15, 0.2) is 35.4 Å². The summed E-state index contributed by atoms with van der Waals surface area (Å²) in [6, 6.07) is 7.25. The highest BCUT2D eigenvalue weighted by Crippen LogP contribution is 2.34. The molecule has 1 fully saturated rings. The zero-order chi connectivity index (χ0) is 30.1. The number of carbonyl (C=O) groups excluding carboxylic acids is 1. The normalized spacial score (nSPS) is 23.5. The molecule has 15 nitrogen and oxygen atoms in total. The molecule has 1 heterocycles. The predicted molar refractivity (Wildman–Crippen MR) is 141 cm³/mol. The van der Waals surface area contributed by atoms with Gasteiger partial charge in [0.15, 0.2) is 0 Å². The number of azide groups is 1. The van der Waals surface area contributed by atoms with E-state index >= 15 is 0 Å². The minimum absolute atomic E-state index is 0.00155. The molecule has 226 valence electrons. The van der Waals surface area contributed by atoms with Crippen LogP contribution in [0, 0.1) is 12.3 Å². The first-order valence-corrected chi connectivity index (χ1v) is 12.8. The van der Waals surface area contributed by atoms with Gasteiger partial charge in [-0.2, -0.15) is 0 Å². The Balaban J connectivity index is 2.02. The molecule has 0 bridgehead atoms. The number of hydrogen-bond acceptors (Lipinski definition) is 11. The number of hydrogen-bond donors (Lipinski definition) is 5. The van der Waals surface area contributed by atoms with Gasteiger partial charge in [-0.15, -0.1) is 6.42 Å². The van der Waals surface area contributed by atoms with Crippen LogP contribution in [-0.2, 0) is 39.9 Å². The summed E-state index contributed by atoms with van der Waals surface area (Å²) in [5, 5.41) is 47.8. The van der Waals surface area contributed by atoms with Crippen molar-refractivity contribution in [3.05, 3.63) is 46.3 Å². The maximum absolute atomic E-state index is 12.6. The number of rotatable bonds is 19. The van der Waals surface area contributed by atoms with Gasteiger partial charge in [0, 0.05) is 17.8 Å². The summed E-state index contributed by atoms with van der Waals surface area (Å²) in [5.74, 6) is -2.28. The number of nitrogens with one attached hydrogen (secondary N) is 1. The smallest absolute Gasteiger partial charge is 0.364 e. The van der Waals surface area contributed by atoms with Gasteiger partial charge >= 0.3 is 5.97 Å². The lowest BCUT2D eigenvalue weighted by molar-refractivity contribution is -0.314. The third kappa shape index (κ3) is 11.2. The average molecular weight is 581 g/mol. The molecular weight excluding hydrogens is 544 g/mol. The monoisotopic (exact) mass is 580 g/mol. The molecule has 0 spiro atoms. The number of aliphatic carboxylic acids is 1. The lowest BCUT2D eigenvalue weighted by Crippen LogP contribution is -2.68. The molecule has 41 heavy (non-hydrogen) atoms. The van der Waals surface area contributed by atoms with Crippen LogP contribution < -0.4 is 5.32 Å². The average Bonchev–Trinajstić information content (AvgIpc) is 2.97. The molecule has 0 saturated carbocycles. The van der Waals surface area contributed by atoms with Crippen molar-refractivity contribution >= 4 is 11.9 Å². The SMILES string of the molecule is C#CCOCCOCCOCCC(=O)N[C@H]1[C@H]([C@H](O)[C@H](O)CN=[N+]=[N-])O[C@@](OCc2ccccc2)(C(=O)O)C[C@@H]1O. The Morgan fingerprint density at radius 1 is 1.17 bits per heavy atom. The Morgan fingerprint density at radius 2 is 1.83 bits per heavy atom. The molecule has 2 rings (SSSR count). The molecule has 0 radical (unpaired) electrons. The lowest BCUT2D eigenvalue weighted by atomic mass is 9.88. The highest BCUT2D eigenvalue weighted by molar-refractivity contribution is 5.77. The van der Waals surface area contributed by atoms with Crippen LogP contribution in [0.5, 0.6) is 0 Å². The van der Waals surface area contributed by atoms with Crippen molar-refractivity contribution in [2.45, 2.75) is 55.7 Å². The van der Waals surface area contributed by atoms with Crippen molar-refractivity contribution in [3.8, 4) is 12.3 Å². The fourth-order valence-electron chi connectivity index (χ4n) is 3.93. The molecule has 6 atom stereocenters. The van der Waals surface area contributed by atoms with Gasteiger partial charge in [0.1, 0.15) is 18.8 Å². The van der Waals surface area contributed by atoms with Crippen LogP contribution in [0.1, 0.15) is 18.4 Å². The fraction of sp³-hybridized carbons (Fsp3) is 0.615. The molecule has 1 aromatic rings. The maximum Gasteiger partial charge on any atom is 0.364 e. The molecule has 1 aromatic carbocycles. The van der Waals surface area contributed by atoms with E-state index < -0.39 is 61.1 Å². The molecule has 1 aliphatic heterocycles. The van der Waals surface area contributed by atoms with Crippen LogP contribution in [0.3, 0.4) is 0 Å². The molecule has 0 unspecified atom stereocenters. The number of terminal acetylenes is 1. The van der Waals surface area contributed by atoms with Gasteiger partial charge in [0.2, 0.25) is 5.91 Å². The Bertz CT molecular complexity index is 1030. The number of carboxylic acid groups (broad SMARTS) is 1. The first-order chi connectivity index (χ1) is 19.7. The number of amides is 1. The highest BCUT2D eigenvalue weighted by Gasteiger charge is 2.55. The largest absolute Gasteiger partial charge is 0.477 e. The van der Waals surface area contributed by atoms with Gasteiger partial charge in [-0.25, -0.2) is 4.79 Å². The fourth-order valence-corrected chi connectivity index (χ4v) is 3.93. The standard InChI is InChI=1S/C26H36N4O11/c1-2-9-37-11-13-39-14-12-38-10-8-21(33)29-22-19(31)15-26(25(35)36,40-17-18-6-4-3-5-7-18)41-24(22)23(34)20(32)16-28-30-27/h1,3-7,19-20,22-24,31-32,34H,8-17H2,(H,29,33)(H,35,36)/t19-,20+,22+,23+,24+,26+/m0/s1. The maximum atomic E-state index is 12.6. The summed E-state index contributed by atoms with van der Waals surface area (Å²) in [7, 11) is 0. The first kappa shape index (κ1) is 33.9. The van der Waals surface area contributed by atoms with E-state index in [0.717, 1.165) is 0 Å². The number of ether oxygens (including phenoxy) is 5. The van der Waals surface area contributed by atoms with E-state index in [9.17, 15) is 30.0 Å². The second-order valence-electron chi connectivity index (χ2n) is 8.98. The Hall–Kier alpha value is -3.29. The van der Waals surface area contributed by atoms with Gasteiger partial charge in [-0.05, 0) is 11.1 Å². The van der Waals surface area contributed by atoms with Gasteiger partial charge in [0.25, 0.3) is 5.79 Å². The van der Waals surface area contributed by atoms with Crippen LogP contribution in [-0.4, -0.2) is 115 Å². The Morgan fingerprint density at radius 3 is 2.46 bits per heavy atom. The number of carbonyl (C=O) groups is 2. The highest BCUT2D eigenvalue weighted by atomic mass is 16.7. The van der Waals surface area contributed by atoms with Crippen molar-refractivity contribution in [2.75, 3.05) is 46.2 Å². The summed E-state index contributed by atoms with van der Waals surface area (Å²) in [5.41, 5.74) is 9.17. The summed E-state index contributed by atoms with van der Waals surface area (Å²) in [4.78, 5) is 27.4. The van der Waals surface area contributed by atoms with Gasteiger partial charge in [-0.3, -0.25) is 4.79 Å². The molecule has 0 aliphatic carbocycles. The van der Waals surface area contributed by atoms with E-state index in [0.29, 0.717) is 18.8 Å². The Labute approximate surface area is 236 Å². The quantitative estimate of drug-likeness (QED) is 0.0471. The molecule has 0 aromatic heterocycles. The first-order valence-electron chi connectivity index (χ1n) is 12.8. The minimum Gasteiger partial charge on any atom is -0.477 e. The van der Waals surface area contributed by atoms with E-state index in [1.807, 2.05) is 0 Å². The van der Waals surface area contributed by atoms with Crippen molar-refractivity contribution in [1.29, 1.82) is 0 Å². The zero-order valence-corrected chi connectivity index (χ0v) is 22.4. The van der Waals surface area contributed by atoms with Crippen LogP contribution in [0.25, 0.3) is 10.4 Å². The van der Waals surface area contributed by atoms with Crippen molar-refractivity contribution in [2.24, 2.45) is 5.11 Å². The second-order valence-corrected chi connectivity index (χ2v) is 8.98. The van der Waals surface area contributed by atoms with Gasteiger partial charge in [0.05, 0.1) is 64.4 Å². The lowest BCUT2D eigenvalue weighted by Gasteiger charge is -2.46. The van der Waals surface area contributed by atoms with Gasteiger partial charge < -0.3 is 49.4 Å². The Kier molecular flexibility index (Phi) is 15.1. The number of aliphatic hydroxyl groups is 3. The third-order valence-electron chi connectivity index (χ3n) is 6.01. The van der Waals surface area contributed by atoms with Gasteiger partial charge in [-0.1, -0.05) is 41.4 Å². The van der Waals surface area contributed by atoms with E-state index in [2.05, 4.69) is 21.3 Å². The number of aliphatic hydroxyl groups excluding tert-OH is 3. The topological polar surface area (TPSA) is 222 Å². The summed E-state index contributed by atoms with van der Waals surface area (Å²) in [6.07, 6.45) is -2.50. The van der Waals surface area contributed by atoms with E-state index in [1.54, 1.807) is 30.3 Å². The number of nitrogens with zero attached hydrogens (tertiary/aromatic N) is 3. The molecule has 15 heteroatoms. The van der Waals surface area contributed by atoms with Crippen LogP contribution in [0.2, 0.25) is 0 Å². The van der Waals surface area contributed by atoms with E-state index in [4.69, 9.17) is 35.6 Å². The summed E-state index contributed by atoms with van der Waals surface area (Å²) < 4.78 is 27.0. The van der Waals surface area contributed by atoms with Crippen LogP contribution >= 0.6 is 0 Å². The molecule has 5 N–H and O–H groups in total. The number of carboxylic acids is 1. The predicted octanol–water partition coefficient (Wildman–Crippen LogP) is -0.276. The molecule has 1 amide bonds. The van der Waals surface area contributed by atoms with Crippen molar-refractivity contribution < 1.29 is 53.7 Å². The van der Waals surface area contributed by atoms with Crippen molar-refractivity contribution in [3.63, 3.8) is 0 Å². The molecular formula is C26H36N4O11. The molecule has 1 saturated heterocycles. The minimum atomic E-state index is -2.42. The third-order valence-corrected chi connectivity index (χ3v) is 6.01. The summed E-state index contributed by atoms with van der Waals surface area (Å²) in [6.45, 7) is 0.525. The number of benzene rings is 1. The van der Waals surface area contributed by atoms with Crippen molar-refractivity contribution in [1.82, 2.24) is 5.32 Å². The van der Waals surface area contributed by atoms with E-state index in [1.165, 1.54) is 0 Å². The zero-order valence-electron chi connectivity index (χ0n) is 22.4. The summed E-state index contributed by atoms with van der Waals surface area (Å²) >= 11 is 0. The van der Waals surface area contributed by atoms with Crippen LogP contribution in [0.4, 0.5) is 0 Å². The second kappa shape index (κ2) is 18.2. The van der Waals surface area contributed by atoms with E-state index in [-0.39, 0.29) is 39.5 Å².